The number of ether oxygens (including phenoxy) is 1. The molecule has 1 aliphatic rings. The van der Waals surface area contributed by atoms with Crippen LogP contribution in [-0.2, 0) is 22.6 Å². The number of likely N-dealkylation sites (tertiary alicyclic amines) is 1. The number of amides is 2. The predicted octanol–water partition coefficient (Wildman–Crippen LogP) is 4.37. The number of thiophene rings is 1. The Hall–Kier alpha value is -4.05. The highest BCUT2D eigenvalue weighted by molar-refractivity contribution is 7.09. The molecule has 184 valence electrons. The van der Waals surface area contributed by atoms with Crippen molar-refractivity contribution in [2.24, 2.45) is 5.92 Å². The number of halogens is 1. The van der Waals surface area contributed by atoms with Crippen LogP contribution < -0.4 is 10.1 Å². The number of anilines is 1. The average molecular weight is 506 g/mol. The van der Waals surface area contributed by atoms with E-state index in [0.29, 0.717) is 30.2 Å². The molecular weight excluding hydrogens is 481 g/mol. The lowest BCUT2D eigenvalue weighted by Gasteiger charge is -2.23. The highest BCUT2D eigenvalue weighted by Gasteiger charge is 2.39. The summed E-state index contributed by atoms with van der Waals surface area (Å²) in [6, 6.07) is 16.1. The molecule has 1 N–H and O–H groups in total. The number of rotatable bonds is 8. The summed E-state index contributed by atoms with van der Waals surface area (Å²) in [6.45, 7) is 0.485. The molecule has 2 aromatic heterocycles. The van der Waals surface area contributed by atoms with Crippen molar-refractivity contribution in [3.63, 3.8) is 0 Å². The first-order valence-corrected chi connectivity index (χ1v) is 12.4. The number of aromatic nitrogens is 3. The Balaban J connectivity index is 1.25. The average Bonchev–Trinajstić information content (AvgIpc) is 3.65. The Labute approximate surface area is 211 Å². The summed E-state index contributed by atoms with van der Waals surface area (Å²) < 4.78 is 18.8. The number of carbonyl (C=O) groups excluding carboxylic acids is 2. The topological polar surface area (TPSA) is 89.4 Å². The van der Waals surface area contributed by atoms with E-state index in [1.54, 1.807) is 52.6 Å². The van der Waals surface area contributed by atoms with Crippen LogP contribution in [0, 0.1) is 11.7 Å². The van der Waals surface area contributed by atoms with Gasteiger partial charge < -0.3 is 15.0 Å². The number of carbonyl (C=O) groups is 2. The van der Waals surface area contributed by atoms with E-state index in [0.717, 1.165) is 6.42 Å². The molecule has 1 saturated heterocycles. The first-order valence-electron chi connectivity index (χ1n) is 11.5. The smallest absolute Gasteiger partial charge is 0.247 e. The Kier molecular flexibility index (Phi) is 7.03. The molecular formula is C26H24FN5O3S. The molecule has 10 heteroatoms. The number of benzene rings is 2. The van der Waals surface area contributed by atoms with Crippen LogP contribution in [-0.4, -0.2) is 44.3 Å². The maximum Gasteiger partial charge on any atom is 0.247 e. The number of hydrogen-bond donors (Lipinski definition) is 1. The minimum Gasteiger partial charge on any atom is -0.457 e. The Bertz CT molecular complexity index is 1290. The SMILES string of the molecule is O=C(Nc1ccc(Oc2ccc(F)cc2)cc1)[C@@H]1C[C@@H](Cc2cccs2)CN1C(=O)Cn1nccn1. The summed E-state index contributed by atoms with van der Waals surface area (Å²) in [5.74, 6) is 0.483. The van der Waals surface area contributed by atoms with Gasteiger partial charge in [0.25, 0.3) is 0 Å². The van der Waals surface area contributed by atoms with Gasteiger partial charge in [0.1, 0.15) is 29.9 Å². The summed E-state index contributed by atoms with van der Waals surface area (Å²) >= 11 is 1.68. The van der Waals surface area contributed by atoms with E-state index in [4.69, 9.17) is 4.74 Å². The van der Waals surface area contributed by atoms with E-state index in [2.05, 4.69) is 21.6 Å². The quantitative estimate of drug-likeness (QED) is 0.384. The van der Waals surface area contributed by atoms with Crippen LogP contribution in [0.15, 0.2) is 78.4 Å². The maximum atomic E-state index is 13.3. The van der Waals surface area contributed by atoms with Gasteiger partial charge in [0.15, 0.2) is 0 Å². The maximum absolute atomic E-state index is 13.3. The van der Waals surface area contributed by atoms with Gasteiger partial charge >= 0.3 is 0 Å². The van der Waals surface area contributed by atoms with Crippen LogP contribution >= 0.6 is 11.3 Å². The van der Waals surface area contributed by atoms with E-state index in [1.807, 2.05) is 11.4 Å². The molecule has 1 fully saturated rings. The third-order valence-electron chi connectivity index (χ3n) is 6.00. The van der Waals surface area contributed by atoms with Crippen molar-refractivity contribution < 1.29 is 18.7 Å². The molecule has 0 spiro atoms. The molecule has 2 amide bonds. The Morgan fingerprint density at radius 2 is 1.72 bits per heavy atom. The molecule has 3 heterocycles. The van der Waals surface area contributed by atoms with Crippen molar-refractivity contribution in [2.45, 2.75) is 25.4 Å². The Morgan fingerprint density at radius 1 is 1.03 bits per heavy atom. The summed E-state index contributed by atoms with van der Waals surface area (Å²) in [4.78, 5) is 30.6. The molecule has 0 unspecified atom stereocenters. The van der Waals surface area contributed by atoms with Crippen LogP contribution in [0.1, 0.15) is 11.3 Å². The van der Waals surface area contributed by atoms with Gasteiger partial charge in [-0.05, 0) is 78.7 Å². The van der Waals surface area contributed by atoms with Gasteiger partial charge in [0.05, 0.1) is 12.4 Å². The van der Waals surface area contributed by atoms with Gasteiger partial charge in [-0.3, -0.25) is 9.59 Å². The fraction of sp³-hybridized carbons (Fsp3) is 0.231. The zero-order chi connectivity index (χ0) is 24.9. The zero-order valence-electron chi connectivity index (χ0n) is 19.3. The van der Waals surface area contributed by atoms with Crippen molar-refractivity contribution in [3.8, 4) is 11.5 Å². The van der Waals surface area contributed by atoms with E-state index in [-0.39, 0.29) is 30.1 Å². The van der Waals surface area contributed by atoms with Crippen molar-refractivity contribution in [1.29, 1.82) is 0 Å². The summed E-state index contributed by atoms with van der Waals surface area (Å²) in [7, 11) is 0. The van der Waals surface area contributed by atoms with Crippen molar-refractivity contribution in [3.05, 3.63) is 89.1 Å². The second-order valence-corrected chi connectivity index (χ2v) is 9.61. The number of nitrogens with zero attached hydrogens (tertiary/aromatic N) is 4. The molecule has 0 bridgehead atoms. The fourth-order valence-electron chi connectivity index (χ4n) is 4.32. The standard InChI is InChI=1S/C26H24FN5O3S/c27-19-3-7-21(8-4-19)35-22-9-5-20(6-10-22)30-26(34)24-15-18(14-23-2-1-13-36-23)16-31(24)25(33)17-32-28-11-12-29-32/h1-13,18,24H,14-17H2,(H,30,34)/t18-,24+/m1/s1. The number of hydrogen-bond acceptors (Lipinski definition) is 6. The van der Waals surface area contributed by atoms with Crippen molar-refractivity contribution >= 4 is 28.8 Å². The highest BCUT2D eigenvalue weighted by atomic mass is 32.1. The van der Waals surface area contributed by atoms with Crippen molar-refractivity contribution in [2.75, 3.05) is 11.9 Å². The minimum absolute atomic E-state index is 0.0159. The lowest BCUT2D eigenvalue weighted by atomic mass is 10.0. The third kappa shape index (κ3) is 5.77. The first-order chi connectivity index (χ1) is 17.5. The molecule has 0 radical (unpaired) electrons. The summed E-state index contributed by atoms with van der Waals surface area (Å²) in [6.07, 6.45) is 4.43. The zero-order valence-corrected chi connectivity index (χ0v) is 20.1. The minimum atomic E-state index is -0.590. The van der Waals surface area contributed by atoms with Gasteiger partial charge in [0, 0.05) is 17.1 Å². The lowest BCUT2D eigenvalue weighted by Crippen LogP contribution is -2.44. The van der Waals surface area contributed by atoms with Gasteiger partial charge in [-0.2, -0.15) is 15.0 Å². The first kappa shape index (κ1) is 23.7. The highest BCUT2D eigenvalue weighted by Crippen LogP contribution is 2.30. The second kappa shape index (κ2) is 10.7. The monoisotopic (exact) mass is 505 g/mol. The number of nitrogens with one attached hydrogen (secondary N) is 1. The van der Waals surface area contributed by atoms with E-state index in [9.17, 15) is 14.0 Å². The predicted molar refractivity (Wildman–Crippen MR) is 133 cm³/mol. The van der Waals surface area contributed by atoms with Crippen LogP contribution in [0.3, 0.4) is 0 Å². The molecule has 1 aliphatic heterocycles. The summed E-state index contributed by atoms with van der Waals surface area (Å²) in [5.41, 5.74) is 0.592. The normalized spacial score (nSPS) is 17.2. The fourth-order valence-corrected chi connectivity index (χ4v) is 5.14. The lowest BCUT2D eigenvalue weighted by molar-refractivity contribution is -0.137. The molecule has 5 rings (SSSR count). The van der Waals surface area contributed by atoms with Crippen LogP contribution in [0.4, 0.5) is 10.1 Å². The molecule has 36 heavy (non-hydrogen) atoms. The molecule has 4 aromatic rings. The largest absolute Gasteiger partial charge is 0.457 e. The van der Waals surface area contributed by atoms with E-state index >= 15 is 0 Å². The Morgan fingerprint density at radius 3 is 2.39 bits per heavy atom. The van der Waals surface area contributed by atoms with Gasteiger partial charge in [-0.1, -0.05) is 6.07 Å². The second-order valence-electron chi connectivity index (χ2n) is 8.58. The third-order valence-corrected chi connectivity index (χ3v) is 6.89. The van der Waals surface area contributed by atoms with Crippen molar-refractivity contribution in [1.82, 2.24) is 19.9 Å². The molecule has 2 aromatic carbocycles. The van der Waals surface area contributed by atoms with Gasteiger partial charge in [-0.25, -0.2) is 4.39 Å². The molecule has 0 aliphatic carbocycles. The molecule has 0 saturated carbocycles. The van der Waals surface area contributed by atoms with E-state index in [1.165, 1.54) is 34.2 Å². The molecule has 8 nitrogen and oxygen atoms in total. The van der Waals surface area contributed by atoms with Gasteiger partial charge in [-0.15, -0.1) is 11.3 Å². The summed E-state index contributed by atoms with van der Waals surface area (Å²) in [5, 5.41) is 13.0. The van der Waals surface area contributed by atoms with Crippen LogP contribution in [0.25, 0.3) is 0 Å². The van der Waals surface area contributed by atoms with E-state index < -0.39 is 6.04 Å². The molecule has 2 atom stereocenters. The van der Waals surface area contributed by atoms with Crippen LogP contribution in [0.2, 0.25) is 0 Å². The van der Waals surface area contributed by atoms with Crippen LogP contribution in [0.5, 0.6) is 11.5 Å². The van der Waals surface area contributed by atoms with Gasteiger partial charge in [0.2, 0.25) is 11.8 Å².